The Morgan fingerprint density at radius 2 is 1.75 bits per heavy atom. The molecular formula is C5H13NOSi. The van der Waals surface area contributed by atoms with Gasteiger partial charge in [-0.05, 0) is 14.1 Å². The predicted molar refractivity (Wildman–Crippen MR) is 35.2 cm³/mol. The van der Waals surface area contributed by atoms with Crippen molar-refractivity contribution in [3.8, 4) is 0 Å². The van der Waals surface area contributed by atoms with Crippen molar-refractivity contribution in [2.45, 2.75) is 19.4 Å². The molecule has 0 radical (unpaired) electrons. The Bertz CT molecular complexity index is 80.4. The van der Waals surface area contributed by atoms with Crippen molar-refractivity contribution in [1.29, 1.82) is 0 Å². The SMILES string of the molecule is CC(C)[Si](=O)N(C)C. The van der Waals surface area contributed by atoms with E-state index in [1.165, 1.54) is 0 Å². The van der Waals surface area contributed by atoms with Gasteiger partial charge in [-0.15, -0.1) is 0 Å². The lowest BCUT2D eigenvalue weighted by molar-refractivity contribution is 0.478. The Morgan fingerprint density at radius 3 is 1.75 bits per heavy atom. The van der Waals surface area contributed by atoms with E-state index in [0.29, 0.717) is 5.54 Å². The van der Waals surface area contributed by atoms with Crippen LogP contribution in [0.3, 0.4) is 0 Å². The summed E-state index contributed by atoms with van der Waals surface area (Å²) in [6, 6.07) is 0. The second-order valence-electron chi connectivity index (χ2n) is 2.39. The topological polar surface area (TPSA) is 20.3 Å². The summed E-state index contributed by atoms with van der Waals surface area (Å²) in [6.45, 7) is 3.95. The van der Waals surface area contributed by atoms with E-state index in [-0.39, 0.29) is 0 Å². The first-order valence-electron chi connectivity index (χ1n) is 2.77. The average Bonchev–Trinajstić information content (AvgIpc) is 1.64. The van der Waals surface area contributed by atoms with Crippen LogP contribution in [-0.2, 0) is 4.46 Å². The van der Waals surface area contributed by atoms with Crippen LogP contribution in [0.4, 0.5) is 0 Å². The summed E-state index contributed by atoms with van der Waals surface area (Å²) in [5.74, 6) is 0. The molecule has 0 heterocycles. The van der Waals surface area contributed by atoms with Crippen molar-refractivity contribution in [2.24, 2.45) is 0 Å². The monoisotopic (exact) mass is 131 g/mol. The number of hydrogen-bond acceptors (Lipinski definition) is 1. The van der Waals surface area contributed by atoms with Gasteiger partial charge in [0.25, 0.3) is 0 Å². The highest BCUT2D eigenvalue weighted by Gasteiger charge is 2.11. The van der Waals surface area contributed by atoms with Crippen LogP contribution in [0.1, 0.15) is 13.8 Å². The van der Waals surface area contributed by atoms with Crippen molar-refractivity contribution in [1.82, 2.24) is 4.57 Å². The van der Waals surface area contributed by atoms with Gasteiger partial charge < -0.3 is 9.03 Å². The quantitative estimate of drug-likeness (QED) is 0.518. The van der Waals surface area contributed by atoms with E-state index >= 15 is 0 Å². The lowest BCUT2D eigenvalue weighted by Crippen LogP contribution is -2.26. The molecule has 0 N–H and O–H groups in total. The molecule has 0 fully saturated rings. The zero-order valence-corrected chi connectivity index (χ0v) is 6.93. The molecule has 0 aliphatic rings. The highest BCUT2D eigenvalue weighted by Crippen LogP contribution is 2.00. The normalized spacial score (nSPS) is 9.62. The Morgan fingerprint density at radius 1 is 1.38 bits per heavy atom. The molecule has 3 heteroatoms. The molecule has 48 valence electrons. The van der Waals surface area contributed by atoms with E-state index in [4.69, 9.17) is 0 Å². The Hall–Kier alpha value is -0.183. The predicted octanol–water partition coefficient (Wildman–Crippen LogP) is 0.877. The fourth-order valence-corrected chi connectivity index (χ4v) is 1.55. The lowest BCUT2D eigenvalue weighted by Gasteiger charge is -2.09. The van der Waals surface area contributed by atoms with E-state index in [2.05, 4.69) is 0 Å². The Kier molecular flexibility index (Phi) is 2.90. The van der Waals surface area contributed by atoms with Gasteiger partial charge in [0, 0.05) is 5.54 Å². The van der Waals surface area contributed by atoms with Crippen LogP contribution < -0.4 is 0 Å². The van der Waals surface area contributed by atoms with Gasteiger partial charge in [0.1, 0.15) is 0 Å². The van der Waals surface area contributed by atoms with Crippen LogP contribution >= 0.6 is 0 Å². The number of rotatable bonds is 2. The van der Waals surface area contributed by atoms with E-state index in [1.54, 1.807) is 4.57 Å². The molecule has 0 atom stereocenters. The summed E-state index contributed by atoms with van der Waals surface area (Å²) < 4.78 is 12.7. The summed E-state index contributed by atoms with van der Waals surface area (Å²) in [5, 5.41) is 0. The molecule has 0 unspecified atom stereocenters. The third kappa shape index (κ3) is 2.21. The molecule has 2 nitrogen and oxygen atoms in total. The van der Waals surface area contributed by atoms with Crippen molar-refractivity contribution >= 4 is 8.84 Å². The minimum absolute atomic E-state index is 0.315. The largest absolute Gasteiger partial charge is 0.396 e. The summed E-state index contributed by atoms with van der Waals surface area (Å²) in [4.78, 5) is 0. The molecule has 0 aliphatic carbocycles. The standard InChI is InChI=1S/C5H13NOSi/c1-5(2)8(7)6(3)4/h5H,1-4H3. The van der Waals surface area contributed by atoms with Crippen molar-refractivity contribution in [3.63, 3.8) is 0 Å². The van der Waals surface area contributed by atoms with Gasteiger partial charge in [-0.3, -0.25) is 0 Å². The van der Waals surface area contributed by atoms with Crippen molar-refractivity contribution in [3.05, 3.63) is 0 Å². The lowest BCUT2D eigenvalue weighted by atomic mass is 10.6. The number of nitrogens with zero attached hydrogens (tertiary/aromatic N) is 1. The second kappa shape index (κ2) is 2.97. The highest BCUT2D eigenvalue weighted by atomic mass is 28.3. The van der Waals surface area contributed by atoms with E-state index in [9.17, 15) is 4.46 Å². The van der Waals surface area contributed by atoms with Gasteiger partial charge in [-0.25, -0.2) is 0 Å². The van der Waals surface area contributed by atoms with E-state index in [0.717, 1.165) is 0 Å². The minimum atomic E-state index is -1.44. The van der Waals surface area contributed by atoms with Gasteiger partial charge in [0.05, 0.1) is 0 Å². The summed E-state index contributed by atoms with van der Waals surface area (Å²) in [5.41, 5.74) is 0.315. The second-order valence-corrected chi connectivity index (χ2v) is 5.11. The van der Waals surface area contributed by atoms with Crippen LogP contribution in [0.2, 0.25) is 5.54 Å². The minimum Gasteiger partial charge on any atom is -0.383 e. The first-order chi connectivity index (χ1) is 3.55. The Balaban J connectivity index is 3.65. The molecular weight excluding hydrogens is 118 g/mol. The third-order valence-electron chi connectivity index (χ3n) is 0.935. The maximum Gasteiger partial charge on any atom is 0.396 e. The first-order valence-corrected chi connectivity index (χ1v) is 4.20. The Labute approximate surface area is 52.2 Å². The van der Waals surface area contributed by atoms with Crippen LogP contribution in [0, 0.1) is 0 Å². The third-order valence-corrected chi connectivity index (χ3v) is 2.80. The fraction of sp³-hybridized carbons (Fsp3) is 1.00. The van der Waals surface area contributed by atoms with Gasteiger partial charge in [0.2, 0.25) is 0 Å². The molecule has 0 bridgehead atoms. The molecule has 0 amide bonds. The molecule has 0 aromatic heterocycles. The number of hydrogen-bond donors (Lipinski definition) is 0. The van der Waals surface area contributed by atoms with E-state index in [1.807, 2.05) is 27.9 Å². The smallest absolute Gasteiger partial charge is 0.383 e. The van der Waals surface area contributed by atoms with Gasteiger partial charge >= 0.3 is 8.84 Å². The van der Waals surface area contributed by atoms with Gasteiger partial charge in [0.15, 0.2) is 0 Å². The first kappa shape index (κ1) is 7.82. The van der Waals surface area contributed by atoms with Crippen LogP contribution in [0.25, 0.3) is 0 Å². The molecule has 0 aromatic rings. The maximum absolute atomic E-state index is 11.0. The maximum atomic E-state index is 11.0. The zero-order valence-electron chi connectivity index (χ0n) is 5.93. The van der Waals surface area contributed by atoms with Crippen LogP contribution in [-0.4, -0.2) is 27.5 Å². The molecule has 0 saturated carbocycles. The molecule has 0 rings (SSSR count). The van der Waals surface area contributed by atoms with Crippen molar-refractivity contribution < 1.29 is 4.46 Å². The average molecular weight is 131 g/mol. The summed E-state index contributed by atoms with van der Waals surface area (Å²) in [7, 11) is 2.26. The van der Waals surface area contributed by atoms with Crippen LogP contribution in [0.5, 0.6) is 0 Å². The zero-order chi connectivity index (χ0) is 6.73. The van der Waals surface area contributed by atoms with Crippen LogP contribution in [0.15, 0.2) is 0 Å². The molecule has 0 aromatic carbocycles. The van der Waals surface area contributed by atoms with E-state index < -0.39 is 8.84 Å². The van der Waals surface area contributed by atoms with Gasteiger partial charge in [-0.1, -0.05) is 13.8 Å². The van der Waals surface area contributed by atoms with Gasteiger partial charge in [-0.2, -0.15) is 0 Å². The molecule has 0 spiro atoms. The molecule has 0 aliphatic heterocycles. The summed E-state index contributed by atoms with van der Waals surface area (Å²) >= 11 is 0. The highest BCUT2D eigenvalue weighted by molar-refractivity contribution is 6.40. The molecule has 0 saturated heterocycles. The summed E-state index contributed by atoms with van der Waals surface area (Å²) in [6.07, 6.45) is 0. The fourth-order valence-electron chi connectivity index (χ4n) is 0.516. The molecule has 8 heavy (non-hydrogen) atoms. The van der Waals surface area contributed by atoms with Crippen molar-refractivity contribution in [2.75, 3.05) is 14.1 Å².